The van der Waals surface area contributed by atoms with Crippen LogP contribution in [0, 0.1) is 0 Å². The van der Waals surface area contributed by atoms with Gasteiger partial charge in [-0.05, 0) is 66.2 Å². The zero-order chi connectivity index (χ0) is 24.1. The average molecular weight is 534 g/mol. The Morgan fingerprint density at radius 3 is 2.15 bits per heavy atom. The summed E-state index contributed by atoms with van der Waals surface area (Å²) in [5, 5.41) is 8.91. The van der Waals surface area contributed by atoms with Gasteiger partial charge in [-0.25, -0.2) is 4.98 Å². The zero-order valence-electron chi connectivity index (χ0n) is 17.8. The summed E-state index contributed by atoms with van der Waals surface area (Å²) < 4.78 is 1.91. The number of anilines is 1. The summed E-state index contributed by atoms with van der Waals surface area (Å²) in [7, 11) is 0. The summed E-state index contributed by atoms with van der Waals surface area (Å²) in [4.78, 5) is 17.7. The van der Waals surface area contributed by atoms with Crippen LogP contribution in [0.3, 0.4) is 0 Å². The molecule has 0 aliphatic heterocycles. The molecule has 174 valence electrons. The Labute approximate surface area is 217 Å². The molecule has 3 aromatic carbocycles. The van der Waals surface area contributed by atoms with Gasteiger partial charge in [0, 0.05) is 50.3 Å². The van der Waals surface area contributed by atoms with Crippen molar-refractivity contribution in [2.24, 2.45) is 0 Å². The summed E-state index contributed by atoms with van der Waals surface area (Å²) >= 11 is 24.7. The number of carbonyl (C=O) groups excluding carboxylic acids is 1. The van der Waals surface area contributed by atoms with Crippen molar-refractivity contribution in [3.8, 4) is 0 Å². The van der Waals surface area contributed by atoms with E-state index >= 15 is 0 Å². The molecule has 4 aromatic rings. The highest BCUT2D eigenvalue weighted by Crippen LogP contribution is 2.28. The molecule has 4 rings (SSSR count). The van der Waals surface area contributed by atoms with Gasteiger partial charge in [-0.1, -0.05) is 52.5 Å². The predicted molar refractivity (Wildman–Crippen MR) is 139 cm³/mol. The third-order valence-corrected chi connectivity index (χ3v) is 6.27. The summed E-state index contributed by atoms with van der Waals surface area (Å²) in [5.74, 6) is -0.160. The zero-order valence-corrected chi connectivity index (χ0v) is 20.8. The lowest BCUT2D eigenvalue weighted by Gasteiger charge is -2.28. The Morgan fingerprint density at radius 2 is 1.53 bits per heavy atom. The number of benzene rings is 3. The number of halogens is 4. The highest BCUT2D eigenvalue weighted by Gasteiger charge is 2.26. The Kier molecular flexibility index (Phi) is 8.14. The van der Waals surface area contributed by atoms with E-state index in [9.17, 15) is 4.79 Å². The van der Waals surface area contributed by atoms with Crippen molar-refractivity contribution in [1.82, 2.24) is 14.9 Å². The second-order valence-corrected chi connectivity index (χ2v) is 9.32. The molecule has 5 nitrogen and oxygen atoms in total. The molecule has 2 atom stereocenters. The highest BCUT2D eigenvalue weighted by molar-refractivity contribution is 6.35. The topological polar surface area (TPSA) is 59.0 Å². The molecule has 9 heteroatoms. The van der Waals surface area contributed by atoms with Gasteiger partial charge in [0.15, 0.2) is 5.78 Å². The number of nitrogens with zero attached hydrogens (tertiary/aromatic N) is 2. The second kappa shape index (κ2) is 11.3. The van der Waals surface area contributed by atoms with Crippen molar-refractivity contribution in [2.75, 3.05) is 5.32 Å². The van der Waals surface area contributed by atoms with E-state index in [-0.39, 0.29) is 11.8 Å². The molecule has 0 bridgehead atoms. The molecule has 0 saturated heterocycles. The standard InChI is InChI=1S/C25H20Cl4N4O/c26-17-3-1-16(2-4-17)24(34)25(31-20-8-5-18(27)6-9-20)32-23(14-33-12-11-30-15-33)21-10-7-19(28)13-22(21)29/h1-13,15,23,25,31-32H,14H2. The molecule has 1 heterocycles. The van der Waals surface area contributed by atoms with Crippen LogP contribution in [-0.2, 0) is 6.54 Å². The fraction of sp³-hybridized carbons (Fsp3) is 0.120. The monoisotopic (exact) mass is 532 g/mol. The first-order valence-corrected chi connectivity index (χ1v) is 11.9. The number of rotatable bonds is 9. The normalized spacial score (nSPS) is 12.8. The molecule has 2 N–H and O–H groups in total. The largest absolute Gasteiger partial charge is 0.363 e. The molecule has 0 spiro atoms. The van der Waals surface area contributed by atoms with Gasteiger partial charge in [0.2, 0.25) is 0 Å². The van der Waals surface area contributed by atoms with Crippen LogP contribution in [0.25, 0.3) is 0 Å². The molecule has 34 heavy (non-hydrogen) atoms. The van der Waals surface area contributed by atoms with Crippen LogP contribution in [0.5, 0.6) is 0 Å². The van der Waals surface area contributed by atoms with Crippen LogP contribution in [0.15, 0.2) is 85.5 Å². The smallest absolute Gasteiger partial charge is 0.199 e. The van der Waals surface area contributed by atoms with E-state index in [0.717, 1.165) is 11.3 Å². The lowest BCUT2D eigenvalue weighted by atomic mass is 10.0. The molecule has 2 unspecified atom stereocenters. The van der Waals surface area contributed by atoms with Gasteiger partial charge in [0.1, 0.15) is 6.17 Å². The van der Waals surface area contributed by atoms with E-state index in [1.54, 1.807) is 61.1 Å². The number of ketones is 1. The molecule has 0 aliphatic rings. The van der Waals surface area contributed by atoms with Crippen molar-refractivity contribution in [1.29, 1.82) is 0 Å². The fourth-order valence-corrected chi connectivity index (χ4v) is 4.30. The first kappa shape index (κ1) is 24.6. The number of hydrogen-bond donors (Lipinski definition) is 2. The van der Waals surface area contributed by atoms with E-state index in [1.165, 1.54) is 0 Å². The van der Waals surface area contributed by atoms with Crippen molar-refractivity contribution >= 4 is 57.9 Å². The number of carbonyl (C=O) groups is 1. The summed E-state index contributed by atoms with van der Waals surface area (Å²) in [6.45, 7) is 0.480. The van der Waals surface area contributed by atoms with Crippen molar-refractivity contribution in [2.45, 2.75) is 18.8 Å². The lowest BCUT2D eigenvalue weighted by molar-refractivity contribution is 0.0947. The Balaban J connectivity index is 1.69. The Morgan fingerprint density at radius 1 is 0.882 bits per heavy atom. The molecule has 0 saturated carbocycles. The van der Waals surface area contributed by atoms with E-state index < -0.39 is 6.17 Å². The van der Waals surface area contributed by atoms with E-state index in [2.05, 4.69) is 15.6 Å². The molecular formula is C25H20Cl4N4O. The van der Waals surface area contributed by atoms with Gasteiger partial charge in [0.05, 0.1) is 12.4 Å². The average Bonchev–Trinajstić information content (AvgIpc) is 3.33. The minimum absolute atomic E-state index is 0.160. The van der Waals surface area contributed by atoms with Crippen LogP contribution in [0.1, 0.15) is 22.0 Å². The minimum Gasteiger partial charge on any atom is -0.363 e. The summed E-state index contributed by atoms with van der Waals surface area (Å²) in [6.07, 6.45) is 4.47. The van der Waals surface area contributed by atoms with Crippen LogP contribution >= 0.6 is 46.4 Å². The summed E-state index contributed by atoms with van der Waals surface area (Å²) in [6, 6.07) is 18.9. The quantitative estimate of drug-likeness (QED) is 0.177. The number of imidazole rings is 1. The molecule has 0 radical (unpaired) electrons. The maximum Gasteiger partial charge on any atom is 0.199 e. The van der Waals surface area contributed by atoms with Gasteiger partial charge in [0.25, 0.3) is 0 Å². The van der Waals surface area contributed by atoms with Crippen molar-refractivity contribution < 1.29 is 4.79 Å². The number of aromatic nitrogens is 2. The Hall–Kier alpha value is -2.54. The number of nitrogens with one attached hydrogen (secondary N) is 2. The maximum atomic E-state index is 13.6. The molecule has 1 aromatic heterocycles. The third-order valence-electron chi connectivity index (χ3n) is 5.20. The SMILES string of the molecule is O=C(c1ccc(Cl)cc1)C(Nc1ccc(Cl)cc1)NC(Cn1ccnc1)c1ccc(Cl)cc1Cl. The van der Waals surface area contributed by atoms with Crippen LogP contribution in [-0.4, -0.2) is 21.5 Å². The second-order valence-electron chi connectivity index (χ2n) is 7.60. The third kappa shape index (κ3) is 6.32. The van der Waals surface area contributed by atoms with E-state index in [1.807, 2.05) is 29.0 Å². The minimum atomic E-state index is -0.789. The van der Waals surface area contributed by atoms with Gasteiger partial charge in [-0.2, -0.15) is 0 Å². The first-order valence-electron chi connectivity index (χ1n) is 10.4. The van der Waals surface area contributed by atoms with Crippen LogP contribution in [0.4, 0.5) is 5.69 Å². The van der Waals surface area contributed by atoms with Gasteiger partial charge in [-0.15, -0.1) is 0 Å². The molecular weight excluding hydrogens is 514 g/mol. The Bertz CT molecular complexity index is 1250. The van der Waals surface area contributed by atoms with E-state index in [4.69, 9.17) is 46.4 Å². The van der Waals surface area contributed by atoms with Gasteiger partial charge in [-0.3, -0.25) is 10.1 Å². The van der Waals surface area contributed by atoms with E-state index in [0.29, 0.717) is 32.2 Å². The molecule has 0 amide bonds. The maximum absolute atomic E-state index is 13.6. The van der Waals surface area contributed by atoms with Gasteiger partial charge < -0.3 is 9.88 Å². The first-order chi connectivity index (χ1) is 16.4. The van der Waals surface area contributed by atoms with Crippen LogP contribution in [0.2, 0.25) is 20.1 Å². The van der Waals surface area contributed by atoms with Crippen LogP contribution < -0.4 is 10.6 Å². The van der Waals surface area contributed by atoms with Gasteiger partial charge >= 0.3 is 0 Å². The number of hydrogen-bond acceptors (Lipinski definition) is 4. The fourth-order valence-electron chi connectivity index (χ4n) is 3.51. The van der Waals surface area contributed by atoms with Crippen molar-refractivity contribution in [3.63, 3.8) is 0 Å². The molecule has 0 fully saturated rings. The highest BCUT2D eigenvalue weighted by atomic mass is 35.5. The van der Waals surface area contributed by atoms with Crippen molar-refractivity contribution in [3.05, 3.63) is 117 Å². The summed E-state index contributed by atoms with van der Waals surface area (Å²) in [5.41, 5.74) is 2.03. The molecule has 0 aliphatic carbocycles. The predicted octanol–water partition coefficient (Wildman–Crippen LogP) is 7.15. The number of Topliss-reactive ketones (excluding diaryl/α,β-unsaturated/α-hetero) is 1. The lowest BCUT2D eigenvalue weighted by Crippen LogP contribution is -2.46.